The molecule has 19 heavy (non-hydrogen) atoms. The lowest BCUT2D eigenvalue weighted by molar-refractivity contribution is -0.174. The standard InChI is InChI=1S/C11H18F3NO4/c1-3-4-5-19-10(18)15-8(9(16)17)6-7(2)11(12,13)14/h7-8H,3-6H2,1-2H3,(H,15,18)(H,16,17). The molecule has 0 aliphatic carbocycles. The first-order valence-electron chi connectivity index (χ1n) is 5.91. The highest BCUT2D eigenvalue weighted by molar-refractivity contribution is 5.79. The van der Waals surface area contributed by atoms with Crippen molar-refractivity contribution in [2.24, 2.45) is 5.92 Å². The summed E-state index contributed by atoms with van der Waals surface area (Å²) in [5.41, 5.74) is 0. The van der Waals surface area contributed by atoms with Crippen molar-refractivity contribution in [3.63, 3.8) is 0 Å². The van der Waals surface area contributed by atoms with Crippen LogP contribution in [0.1, 0.15) is 33.1 Å². The Morgan fingerprint density at radius 3 is 2.37 bits per heavy atom. The third kappa shape index (κ3) is 7.53. The maximum absolute atomic E-state index is 12.3. The Bertz CT molecular complexity index is 307. The molecule has 0 spiro atoms. The first-order valence-corrected chi connectivity index (χ1v) is 5.91. The van der Waals surface area contributed by atoms with Gasteiger partial charge in [0.15, 0.2) is 0 Å². The van der Waals surface area contributed by atoms with Gasteiger partial charge < -0.3 is 15.2 Å². The Morgan fingerprint density at radius 1 is 1.37 bits per heavy atom. The third-order valence-corrected chi connectivity index (χ3v) is 2.47. The number of aliphatic carboxylic acids is 1. The third-order valence-electron chi connectivity index (χ3n) is 2.47. The predicted molar refractivity (Wildman–Crippen MR) is 60.7 cm³/mol. The first kappa shape index (κ1) is 17.5. The highest BCUT2D eigenvalue weighted by Crippen LogP contribution is 2.29. The molecule has 5 nitrogen and oxygen atoms in total. The number of carboxylic acid groups (broad SMARTS) is 1. The Morgan fingerprint density at radius 2 is 1.95 bits per heavy atom. The van der Waals surface area contributed by atoms with Crippen LogP contribution in [0.2, 0.25) is 0 Å². The molecule has 2 unspecified atom stereocenters. The first-order chi connectivity index (χ1) is 8.68. The number of hydrogen-bond donors (Lipinski definition) is 2. The average molecular weight is 285 g/mol. The topological polar surface area (TPSA) is 75.6 Å². The van der Waals surface area contributed by atoms with Crippen molar-refractivity contribution in [1.82, 2.24) is 5.32 Å². The normalized spacial score (nSPS) is 14.6. The van der Waals surface area contributed by atoms with Crippen molar-refractivity contribution < 1.29 is 32.6 Å². The zero-order chi connectivity index (χ0) is 15.1. The molecule has 112 valence electrons. The second-order valence-electron chi connectivity index (χ2n) is 4.20. The minimum absolute atomic E-state index is 0.101. The number of ether oxygens (including phenoxy) is 1. The van der Waals surface area contributed by atoms with Gasteiger partial charge in [-0.3, -0.25) is 0 Å². The molecule has 0 saturated heterocycles. The van der Waals surface area contributed by atoms with Crippen LogP contribution in [0.5, 0.6) is 0 Å². The molecule has 0 saturated carbocycles. The van der Waals surface area contributed by atoms with Crippen molar-refractivity contribution >= 4 is 12.1 Å². The van der Waals surface area contributed by atoms with Crippen molar-refractivity contribution in [2.45, 2.75) is 45.3 Å². The summed E-state index contributed by atoms with van der Waals surface area (Å²) in [6, 6.07) is -1.62. The van der Waals surface area contributed by atoms with Gasteiger partial charge in [0.1, 0.15) is 6.04 Å². The zero-order valence-corrected chi connectivity index (χ0v) is 10.8. The summed E-state index contributed by atoms with van der Waals surface area (Å²) in [5.74, 6) is -3.35. The van der Waals surface area contributed by atoms with E-state index in [1.54, 1.807) is 0 Å². The van der Waals surface area contributed by atoms with E-state index in [9.17, 15) is 22.8 Å². The number of nitrogens with one attached hydrogen (secondary N) is 1. The number of rotatable bonds is 7. The second-order valence-corrected chi connectivity index (χ2v) is 4.20. The van der Waals surface area contributed by atoms with E-state index in [2.05, 4.69) is 4.74 Å². The van der Waals surface area contributed by atoms with E-state index in [0.29, 0.717) is 6.42 Å². The molecular formula is C11H18F3NO4. The van der Waals surface area contributed by atoms with E-state index < -0.39 is 36.6 Å². The number of alkyl carbamates (subject to hydrolysis) is 1. The summed E-state index contributed by atoms with van der Waals surface area (Å²) in [4.78, 5) is 22.0. The number of carbonyl (C=O) groups excluding carboxylic acids is 1. The van der Waals surface area contributed by atoms with Crippen molar-refractivity contribution in [3.05, 3.63) is 0 Å². The van der Waals surface area contributed by atoms with E-state index >= 15 is 0 Å². The molecule has 8 heteroatoms. The Balaban J connectivity index is 4.34. The molecule has 0 aromatic carbocycles. The van der Waals surface area contributed by atoms with Crippen LogP contribution >= 0.6 is 0 Å². The van der Waals surface area contributed by atoms with E-state index in [4.69, 9.17) is 5.11 Å². The van der Waals surface area contributed by atoms with Gasteiger partial charge >= 0.3 is 18.2 Å². The summed E-state index contributed by atoms with van der Waals surface area (Å²) in [7, 11) is 0. The molecule has 0 aromatic rings. The van der Waals surface area contributed by atoms with Gasteiger partial charge in [-0.1, -0.05) is 20.3 Å². The van der Waals surface area contributed by atoms with Gasteiger partial charge in [-0.15, -0.1) is 0 Å². The average Bonchev–Trinajstić information content (AvgIpc) is 2.26. The molecule has 0 radical (unpaired) electrons. The highest BCUT2D eigenvalue weighted by Gasteiger charge is 2.39. The molecule has 2 atom stereocenters. The van der Waals surface area contributed by atoms with Gasteiger partial charge in [-0.2, -0.15) is 13.2 Å². The molecule has 0 aromatic heterocycles. The number of alkyl halides is 3. The fourth-order valence-electron chi connectivity index (χ4n) is 1.20. The van der Waals surface area contributed by atoms with Gasteiger partial charge in [-0.05, 0) is 12.8 Å². The minimum Gasteiger partial charge on any atom is -0.480 e. The van der Waals surface area contributed by atoms with Crippen LogP contribution in [0, 0.1) is 5.92 Å². The number of carbonyl (C=O) groups is 2. The van der Waals surface area contributed by atoms with Gasteiger partial charge in [0.05, 0.1) is 12.5 Å². The second kappa shape index (κ2) is 7.85. The summed E-state index contributed by atoms with van der Waals surface area (Å²) in [6.07, 6.45) is -4.87. The van der Waals surface area contributed by atoms with Crippen molar-refractivity contribution in [1.29, 1.82) is 0 Å². The minimum atomic E-state index is -4.50. The number of halogens is 3. The summed E-state index contributed by atoms with van der Waals surface area (Å²) in [6.45, 7) is 2.83. The van der Waals surface area contributed by atoms with E-state index in [1.807, 2.05) is 12.2 Å². The summed E-state index contributed by atoms with van der Waals surface area (Å²) < 4.78 is 41.6. The number of amides is 1. The molecule has 0 heterocycles. The van der Waals surface area contributed by atoms with Crippen LogP contribution in [0.25, 0.3) is 0 Å². The molecule has 0 rings (SSSR count). The maximum Gasteiger partial charge on any atom is 0.407 e. The lowest BCUT2D eigenvalue weighted by Crippen LogP contribution is -2.43. The van der Waals surface area contributed by atoms with Gasteiger partial charge in [0.2, 0.25) is 0 Å². The quantitative estimate of drug-likeness (QED) is 0.705. The van der Waals surface area contributed by atoms with Crippen LogP contribution in [0.4, 0.5) is 18.0 Å². The van der Waals surface area contributed by atoms with E-state index in [1.165, 1.54) is 0 Å². The molecule has 2 N–H and O–H groups in total. The SMILES string of the molecule is CCCCOC(=O)NC(CC(C)C(F)(F)F)C(=O)O. The monoisotopic (exact) mass is 285 g/mol. The van der Waals surface area contributed by atoms with E-state index in [0.717, 1.165) is 13.3 Å². The predicted octanol–water partition coefficient (Wildman–Crippen LogP) is 2.55. The van der Waals surface area contributed by atoms with Crippen LogP contribution in [-0.2, 0) is 9.53 Å². The van der Waals surface area contributed by atoms with E-state index in [-0.39, 0.29) is 6.61 Å². The highest BCUT2D eigenvalue weighted by atomic mass is 19.4. The smallest absolute Gasteiger partial charge is 0.407 e. The van der Waals surface area contributed by atoms with Crippen LogP contribution in [0.15, 0.2) is 0 Å². The lowest BCUT2D eigenvalue weighted by atomic mass is 10.0. The largest absolute Gasteiger partial charge is 0.480 e. The molecule has 0 fully saturated rings. The molecule has 1 amide bonds. The Labute approximate surface area is 109 Å². The Kier molecular flexibility index (Phi) is 7.25. The van der Waals surface area contributed by atoms with Gasteiger partial charge in [-0.25, -0.2) is 9.59 Å². The summed E-state index contributed by atoms with van der Waals surface area (Å²) >= 11 is 0. The fourth-order valence-corrected chi connectivity index (χ4v) is 1.20. The molecule has 0 aliphatic rings. The number of hydrogen-bond acceptors (Lipinski definition) is 3. The number of unbranched alkanes of at least 4 members (excludes halogenated alkanes) is 1. The maximum atomic E-state index is 12.3. The van der Waals surface area contributed by atoms with Gasteiger partial charge in [0, 0.05) is 0 Å². The van der Waals surface area contributed by atoms with Crippen LogP contribution in [0.3, 0.4) is 0 Å². The van der Waals surface area contributed by atoms with Crippen molar-refractivity contribution in [3.8, 4) is 0 Å². The van der Waals surface area contributed by atoms with Crippen molar-refractivity contribution in [2.75, 3.05) is 6.61 Å². The van der Waals surface area contributed by atoms with Gasteiger partial charge in [0.25, 0.3) is 0 Å². The lowest BCUT2D eigenvalue weighted by Gasteiger charge is -2.20. The summed E-state index contributed by atoms with van der Waals surface area (Å²) in [5, 5.41) is 10.7. The van der Waals surface area contributed by atoms with Crippen LogP contribution in [-0.4, -0.2) is 36.0 Å². The molecular weight excluding hydrogens is 267 g/mol. The Hall–Kier alpha value is -1.47. The zero-order valence-electron chi connectivity index (χ0n) is 10.8. The van der Waals surface area contributed by atoms with Crippen LogP contribution < -0.4 is 5.32 Å². The number of carboxylic acids is 1. The molecule has 0 aliphatic heterocycles. The molecule has 0 bridgehead atoms. The fraction of sp³-hybridized carbons (Fsp3) is 0.818.